The van der Waals surface area contributed by atoms with E-state index < -0.39 is 0 Å². The lowest BCUT2D eigenvalue weighted by molar-refractivity contribution is 0.666. The van der Waals surface area contributed by atoms with Gasteiger partial charge < -0.3 is 10.3 Å². The zero-order valence-electron chi connectivity index (χ0n) is 8.52. The number of nitrogens with zero attached hydrogens (tertiary/aromatic N) is 1. The second kappa shape index (κ2) is 4.28. The van der Waals surface area contributed by atoms with E-state index in [0.29, 0.717) is 6.54 Å². The van der Waals surface area contributed by atoms with Crippen LogP contribution in [-0.2, 0) is 6.54 Å². The molecule has 0 atom stereocenters. The number of hydrogen-bond donors (Lipinski definition) is 1. The molecule has 1 heterocycles. The van der Waals surface area contributed by atoms with Gasteiger partial charge in [-0.05, 0) is 25.1 Å². The van der Waals surface area contributed by atoms with Gasteiger partial charge in [0, 0.05) is 24.2 Å². The van der Waals surface area contributed by atoms with Gasteiger partial charge >= 0.3 is 0 Å². The van der Waals surface area contributed by atoms with Gasteiger partial charge in [-0.15, -0.1) is 0 Å². The highest BCUT2D eigenvalue weighted by molar-refractivity contribution is 5.78. The van der Waals surface area contributed by atoms with Gasteiger partial charge in [-0.25, -0.2) is 0 Å². The lowest BCUT2D eigenvalue weighted by Gasteiger charge is -2.09. The summed E-state index contributed by atoms with van der Waals surface area (Å²) >= 11 is 0. The molecule has 1 aromatic carbocycles. The number of fused-ring (bicyclic) bond motifs is 1. The molecule has 2 N–H and O–H groups in total. The molecule has 15 heavy (non-hydrogen) atoms. The van der Waals surface area contributed by atoms with Gasteiger partial charge in [-0.3, -0.25) is 4.79 Å². The van der Waals surface area contributed by atoms with Crippen molar-refractivity contribution in [2.75, 3.05) is 6.54 Å². The average Bonchev–Trinajstić information content (AvgIpc) is 2.29. The van der Waals surface area contributed by atoms with Crippen molar-refractivity contribution < 1.29 is 0 Å². The fourth-order valence-electron chi connectivity index (χ4n) is 1.72. The smallest absolute Gasteiger partial charge is 0.189 e. The molecular weight excluding hydrogens is 188 g/mol. The summed E-state index contributed by atoms with van der Waals surface area (Å²) in [6.45, 7) is 1.53. The van der Waals surface area contributed by atoms with Crippen molar-refractivity contribution in [3.8, 4) is 0 Å². The van der Waals surface area contributed by atoms with Crippen molar-refractivity contribution >= 4 is 10.9 Å². The van der Waals surface area contributed by atoms with Gasteiger partial charge in [0.15, 0.2) is 5.43 Å². The molecule has 2 aromatic rings. The maximum atomic E-state index is 11.6. The number of rotatable bonds is 3. The molecule has 2 rings (SSSR count). The minimum absolute atomic E-state index is 0.0783. The second-order valence-electron chi connectivity index (χ2n) is 3.53. The zero-order valence-corrected chi connectivity index (χ0v) is 8.52. The summed E-state index contributed by atoms with van der Waals surface area (Å²) in [5, 5.41) is 0.775. The molecule has 3 nitrogen and oxygen atoms in total. The van der Waals surface area contributed by atoms with Crippen LogP contribution < -0.4 is 11.2 Å². The van der Waals surface area contributed by atoms with Gasteiger partial charge in [0.05, 0.1) is 5.52 Å². The van der Waals surface area contributed by atoms with E-state index in [9.17, 15) is 4.79 Å². The van der Waals surface area contributed by atoms with Crippen molar-refractivity contribution in [1.29, 1.82) is 0 Å². The number of para-hydroxylation sites is 1. The van der Waals surface area contributed by atoms with E-state index in [-0.39, 0.29) is 5.43 Å². The fourth-order valence-corrected chi connectivity index (χ4v) is 1.72. The highest BCUT2D eigenvalue weighted by Gasteiger charge is 2.00. The fraction of sp³-hybridized carbons (Fsp3) is 0.250. The first kappa shape index (κ1) is 9.93. The number of pyridine rings is 1. The molecule has 0 aliphatic heterocycles. The standard InChI is InChI=1S/C12H14N2O/c13-7-3-8-14-9-6-12(15)10-4-1-2-5-11(10)14/h1-2,4-6,9H,3,7-8,13H2. The van der Waals surface area contributed by atoms with Crippen LogP contribution >= 0.6 is 0 Å². The number of nitrogens with two attached hydrogens (primary N) is 1. The summed E-state index contributed by atoms with van der Waals surface area (Å²) in [7, 11) is 0. The van der Waals surface area contributed by atoms with E-state index in [4.69, 9.17) is 5.73 Å². The van der Waals surface area contributed by atoms with Crippen molar-refractivity contribution in [3.63, 3.8) is 0 Å². The van der Waals surface area contributed by atoms with Crippen LogP contribution in [0.5, 0.6) is 0 Å². The van der Waals surface area contributed by atoms with Crippen molar-refractivity contribution in [3.05, 3.63) is 46.8 Å². The third-order valence-corrected chi connectivity index (χ3v) is 2.49. The molecule has 78 valence electrons. The monoisotopic (exact) mass is 202 g/mol. The first-order valence-corrected chi connectivity index (χ1v) is 5.11. The van der Waals surface area contributed by atoms with Crippen molar-refractivity contribution in [2.24, 2.45) is 5.73 Å². The van der Waals surface area contributed by atoms with E-state index in [1.807, 2.05) is 30.5 Å². The summed E-state index contributed by atoms with van der Waals surface area (Å²) in [5.41, 5.74) is 6.54. The number of benzene rings is 1. The number of aromatic nitrogens is 1. The van der Waals surface area contributed by atoms with Gasteiger partial charge in [-0.2, -0.15) is 0 Å². The Balaban J connectivity index is 2.56. The number of aryl methyl sites for hydroxylation is 1. The summed E-state index contributed by atoms with van der Waals surface area (Å²) < 4.78 is 2.07. The Labute approximate surface area is 88.1 Å². The Morgan fingerprint density at radius 3 is 2.80 bits per heavy atom. The Morgan fingerprint density at radius 2 is 2.00 bits per heavy atom. The van der Waals surface area contributed by atoms with Crippen LogP contribution in [0.25, 0.3) is 10.9 Å². The first-order valence-electron chi connectivity index (χ1n) is 5.11. The zero-order chi connectivity index (χ0) is 10.7. The SMILES string of the molecule is NCCCn1ccc(=O)c2ccccc21. The molecule has 0 saturated carbocycles. The normalized spacial score (nSPS) is 10.7. The maximum absolute atomic E-state index is 11.6. The van der Waals surface area contributed by atoms with Gasteiger partial charge in [-0.1, -0.05) is 12.1 Å². The molecule has 0 spiro atoms. The van der Waals surface area contributed by atoms with E-state index in [1.165, 1.54) is 0 Å². The molecule has 0 aliphatic carbocycles. The van der Waals surface area contributed by atoms with Crippen LogP contribution in [-0.4, -0.2) is 11.1 Å². The molecule has 0 aliphatic rings. The Kier molecular flexibility index (Phi) is 2.83. The molecule has 0 unspecified atom stereocenters. The van der Waals surface area contributed by atoms with Gasteiger partial charge in [0.2, 0.25) is 0 Å². The predicted octanol–water partition coefficient (Wildman–Crippen LogP) is 1.35. The minimum Gasteiger partial charge on any atom is -0.347 e. The molecule has 0 fully saturated rings. The predicted molar refractivity (Wildman–Crippen MR) is 61.9 cm³/mol. The molecule has 0 bridgehead atoms. The van der Waals surface area contributed by atoms with Crippen LogP contribution in [0.3, 0.4) is 0 Å². The summed E-state index contributed by atoms with van der Waals surface area (Å²) in [6, 6.07) is 9.26. The van der Waals surface area contributed by atoms with Crippen molar-refractivity contribution in [2.45, 2.75) is 13.0 Å². The molecule has 1 aromatic heterocycles. The minimum atomic E-state index is 0.0783. The lowest BCUT2D eigenvalue weighted by atomic mass is 10.2. The Bertz CT molecular complexity index is 516. The maximum Gasteiger partial charge on any atom is 0.189 e. The van der Waals surface area contributed by atoms with E-state index >= 15 is 0 Å². The summed E-state index contributed by atoms with van der Waals surface area (Å²) in [4.78, 5) is 11.6. The molecule has 0 saturated heterocycles. The lowest BCUT2D eigenvalue weighted by Crippen LogP contribution is -2.10. The van der Waals surface area contributed by atoms with Gasteiger partial charge in [0.25, 0.3) is 0 Å². The second-order valence-corrected chi connectivity index (χ2v) is 3.53. The number of hydrogen-bond acceptors (Lipinski definition) is 2. The van der Waals surface area contributed by atoms with E-state index in [1.54, 1.807) is 6.07 Å². The largest absolute Gasteiger partial charge is 0.347 e. The quantitative estimate of drug-likeness (QED) is 0.816. The van der Waals surface area contributed by atoms with Crippen molar-refractivity contribution in [1.82, 2.24) is 4.57 Å². The van der Waals surface area contributed by atoms with Gasteiger partial charge in [0.1, 0.15) is 0 Å². The first-order chi connectivity index (χ1) is 7.33. The molecule has 0 amide bonds. The highest BCUT2D eigenvalue weighted by Crippen LogP contribution is 2.09. The topological polar surface area (TPSA) is 48.0 Å². The molecule has 3 heteroatoms. The molecular formula is C12H14N2O. The third-order valence-electron chi connectivity index (χ3n) is 2.49. The van der Waals surface area contributed by atoms with Crippen LogP contribution in [0.4, 0.5) is 0 Å². The van der Waals surface area contributed by atoms with Crippen LogP contribution in [0.1, 0.15) is 6.42 Å². The Hall–Kier alpha value is -1.61. The Morgan fingerprint density at radius 1 is 1.20 bits per heavy atom. The van der Waals surface area contributed by atoms with E-state index in [2.05, 4.69) is 4.57 Å². The summed E-state index contributed by atoms with van der Waals surface area (Å²) in [6.07, 6.45) is 2.76. The highest BCUT2D eigenvalue weighted by atomic mass is 16.1. The average molecular weight is 202 g/mol. The van der Waals surface area contributed by atoms with E-state index in [0.717, 1.165) is 23.9 Å². The third kappa shape index (κ3) is 1.92. The van der Waals surface area contributed by atoms with Crippen LogP contribution in [0.2, 0.25) is 0 Å². The van der Waals surface area contributed by atoms with Crippen LogP contribution in [0, 0.1) is 0 Å². The van der Waals surface area contributed by atoms with Crippen LogP contribution in [0.15, 0.2) is 41.3 Å². The molecule has 0 radical (unpaired) electrons. The summed E-state index contributed by atoms with van der Waals surface area (Å²) in [5.74, 6) is 0.